The summed E-state index contributed by atoms with van der Waals surface area (Å²) in [4.78, 5) is 11.9. The first kappa shape index (κ1) is 14.9. The number of carbonyl (C=O) groups excluding carboxylic acids is 1. The third-order valence-corrected chi connectivity index (χ3v) is 4.13. The van der Waals surface area contributed by atoms with Gasteiger partial charge in [0, 0.05) is 12.1 Å². The zero-order chi connectivity index (χ0) is 14.5. The predicted octanol–water partition coefficient (Wildman–Crippen LogP) is 2.44. The number of rotatable bonds is 5. The van der Waals surface area contributed by atoms with E-state index in [-0.39, 0.29) is 11.9 Å². The van der Waals surface area contributed by atoms with E-state index in [2.05, 4.69) is 15.5 Å². The maximum Gasteiger partial charge on any atom is 0.230 e. The fraction of sp³-hybridized carbons (Fsp3) is 0.308. The molecule has 0 unspecified atom stereocenters. The highest BCUT2D eigenvalue weighted by Gasteiger charge is 2.13. The van der Waals surface area contributed by atoms with Crippen molar-refractivity contribution in [2.45, 2.75) is 18.1 Å². The van der Waals surface area contributed by atoms with Gasteiger partial charge in [-0.1, -0.05) is 41.6 Å². The van der Waals surface area contributed by atoms with Crippen molar-refractivity contribution in [1.29, 1.82) is 0 Å². The Morgan fingerprint density at radius 1 is 1.50 bits per heavy atom. The molecule has 0 saturated heterocycles. The van der Waals surface area contributed by atoms with Gasteiger partial charge in [0.05, 0.1) is 11.8 Å². The first-order chi connectivity index (χ1) is 9.58. The first-order valence-corrected chi connectivity index (χ1v) is 7.45. The van der Waals surface area contributed by atoms with Gasteiger partial charge in [0.2, 0.25) is 5.91 Å². The molecule has 0 radical (unpaired) electrons. The number of nitrogens with one attached hydrogen (secondary N) is 1. The normalized spacial score (nSPS) is 12.2. The molecule has 20 heavy (non-hydrogen) atoms. The van der Waals surface area contributed by atoms with Gasteiger partial charge in [-0.15, -0.1) is 10.2 Å². The first-order valence-electron chi connectivity index (χ1n) is 6.08. The van der Waals surface area contributed by atoms with Crippen LogP contribution in [-0.2, 0) is 11.8 Å². The van der Waals surface area contributed by atoms with Gasteiger partial charge in [0.15, 0.2) is 5.16 Å². The molecule has 106 valence electrons. The standard InChI is InChI=1S/C13H15ClN4OS/c1-9(10-5-3-4-6-11(10)14)16-12(19)7-20-13-17-15-8-18(13)2/h3-6,8-9H,7H2,1-2H3,(H,16,19)/t9-/m0/s1. The van der Waals surface area contributed by atoms with E-state index in [9.17, 15) is 4.79 Å². The minimum atomic E-state index is -0.128. The highest BCUT2D eigenvalue weighted by molar-refractivity contribution is 7.99. The third-order valence-electron chi connectivity index (χ3n) is 2.75. The van der Waals surface area contributed by atoms with Crippen molar-refractivity contribution in [3.63, 3.8) is 0 Å². The van der Waals surface area contributed by atoms with Gasteiger partial charge < -0.3 is 9.88 Å². The number of amides is 1. The minimum absolute atomic E-state index is 0.0644. The van der Waals surface area contributed by atoms with Gasteiger partial charge in [0.25, 0.3) is 0 Å². The summed E-state index contributed by atoms with van der Waals surface area (Å²) < 4.78 is 1.77. The average Bonchev–Trinajstić information content (AvgIpc) is 2.82. The van der Waals surface area contributed by atoms with Gasteiger partial charge in [-0.2, -0.15) is 0 Å². The van der Waals surface area contributed by atoms with E-state index in [1.165, 1.54) is 11.8 Å². The molecule has 1 atom stereocenters. The van der Waals surface area contributed by atoms with Crippen LogP contribution in [0, 0.1) is 0 Å². The lowest BCUT2D eigenvalue weighted by molar-refractivity contribution is -0.119. The molecule has 1 amide bonds. The SMILES string of the molecule is C[C@H](NC(=O)CSc1nncn1C)c1ccccc1Cl. The fourth-order valence-electron chi connectivity index (χ4n) is 1.72. The zero-order valence-corrected chi connectivity index (χ0v) is 12.8. The summed E-state index contributed by atoms with van der Waals surface area (Å²) in [6.07, 6.45) is 1.60. The highest BCUT2D eigenvalue weighted by atomic mass is 35.5. The number of hydrogen-bond acceptors (Lipinski definition) is 4. The van der Waals surface area contributed by atoms with E-state index in [1.54, 1.807) is 10.9 Å². The molecule has 0 fully saturated rings. The van der Waals surface area contributed by atoms with Crippen LogP contribution in [0.15, 0.2) is 35.7 Å². The number of carbonyl (C=O) groups is 1. The van der Waals surface area contributed by atoms with Crippen LogP contribution >= 0.6 is 23.4 Å². The molecule has 7 heteroatoms. The molecule has 1 aromatic heterocycles. The van der Waals surface area contributed by atoms with E-state index in [0.29, 0.717) is 15.9 Å². The second-order valence-electron chi connectivity index (χ2n) is 4.32. The summed E-state index contributed by atoms with van der Waals surface area (Å²) in [6, 6.07) is 7.36. The van der Waals surface area contributed by atoms with E-state index < -0.39 is 0 Å². The van der Waals surface area contributed by atoms with Crippen LogP contribution in [0.3, 0.4) is 0 Å². The highest BCUT2D eigenvalue weighted by Crippen LogP contribution is 2.22. The van der Waals surface area contributed by atoms with Gasteiger partial charge in [-0.25, -0.2) is 0 Å². The molecule has 5 nitrogen and oxygen atoms in total. The maximum absolute atomic E-state index is 11.9. The topological polar surface area (TPSA) is 59.8 Å². The molecule has 0 bridgehead atoms. The number of benzene rings is 1. The molecular formula is C13H15ClN4OS. The lowest BCUT2D eigenvalue weighted by Gasteiger charge is -2.15. The number of aryl methyl sites for hydroxylation is 1. The van der Waals surface area contributed by atoms with Crippen molar-refractivity contribution in [2.75, 3.05) is 5.75 Å². The van der Waals surface area contributed by atoms with Crippen LogP contribution in [0.25, 0.3) is 0 Å². The maximum atomic E-state index is 11.9. The van der Waals surface area contributed by atoms with E-state index in [4.69, 9.17) is 11.6 Å². The smallest absolute Gasteiger partial charge is 0.230 e. The molecule has 1 aromatic carbocycles. The van der Waals surface area contributed by atoms with Crippen molar-refractivity contribution in [3.05, 3.63) is 41.2 Å². The Kier molecular flexibility index (Phi) is 5.03. The Morgan fingerprint density at radius 3 is 2.90 bits per heavy atom. The number of hydrogen-bond donors (Lipinski definition) is 1. The minimum Gasteiger partial charge on any atom is -0.349 e. The van der Waals surface area contributed by atoms with Gasteiger partial charge in [-0.05, 0) is 18.6 Å². The Hall–Kier alpha value is -1.53. The summed E-state index contributed by atoms with van der Waals surface area (Å²) in [5.41, 5.74) is 0.908. The van der Waals surface area contributed by atoms with Crippen LogP contribution < -0.4 is 5.32 Å². The van der Waals surface area contributed by atoms with E-state index in [1.807, 2.05) is 38.2 Å². The van der Waals surface area contributed by atoms with E-state index in [0.717, 1.165) is 5.56 Å². The van der Waals surface area contributed by atoms with E-state index >= 15 is 0 Å². The molecule has 2 rings (SSSR count). The lowest BCUT2D eigenvalue weighted by atomic mass is 10.1. The molecule has 0 aliphatic rings. The number of halogens is 1. The average molecular weight is 311 g/mol. The number of nitrogens with zero attached hydrogens (tertiary/aromatic N) is 3. The lowest BCUT2D eigenvalue weighted by Crippen LogP contribution is -2.28. The van der Waals surface area contributed by atoms with Gasteiger partial charge in [0.1, 0.15) is 6.33 Å². The van der Waals surface area contributed by atoms with Crippen molar-refractivity contribution in [2.24, 2.45) is 7.05 Å². The Balaban J connectivity index is 1.88. The quantitative estimate of drug-likeness (QED) is 0.862. The molecule has 0 aliphatic carbocycles. The van der Waals surface area contributed by atoms with Crippen molar-refractivity contribution in [1.82, 2.24) is 20.1 Å². The molecule has 0 aliphatic heterocycles. The molecule has 0 spiro atoms. The van der Waals surface area contributed by atoms with Crippen molar-refractivity contribution in [3.8, 4) is 0 Å². The van der Waals surface area contributed by atoms with Crippen LogP contribution in [0.1, 0.15) is 18.5 Å². The van der Waals surface area contributed by atoms with Crippen molar-refractivity contribution >= 4 is 29.3 Å². The Morgan fingerprint density at radius 2 is 2.25 bits per heavy atom. The fourth-order valence-corrected chi connectivity index (χ4v) is 2.72. The molecule has 0 saturated carbocycles. The summed E-state index contributed by atoms with van der Waals surface area (Å²) in [7, 11) is 1.84. The van der Waals surface area contributed by atoms with Crippen LogP contribution in [0.5, 0.6) is 0 Å². The van der Waals surface area contributed by atoms with Crippen LogP contribution in [-0.4, -0.2) is 26.4 Å². The molecule has 1 N–H and O–H groups in total. The van der Waals surface area contributed by atoms with Crippen LogP contribution in [0.2, 0.25) is 5.02 Å². The van der Waals surface area contributed by atoms with Gasteiger partial charge in [-0.3, -0.25) is 4.79 Å². The molecular weight excluding hydrogens is 296 g/mol. The second-order valence-corrected chi connectivity index (χ2v) is 5.67. The largest absolute Gasteiger partial charge is 0.349 e. The Labute approximate surface area is 126 Å². The number of aromatic nitrogens is 3. The summed E-state index contributed by atoms with van der Waals surface area (Å²) in [6.45, 7) is 1.91. The van der Waals surface area contributed by atoms with Gasteiger partial charge >= 0.3 is 0 Å². The zero-order valence-electron chi connectivity index (χ0n) is 11.2. The predicted molar refractivity (Wildman–Crippen MR) is 79.7 cm³/mol. The summed E-state index contributed by atoms with van der Waals surface area (Å²) >= 11 is 7.45. The van der Waals surface area contributed by atoms with Crippen LogP contribution in [0.4, 0.5) is 0 Å². The second kappa shape index (κ2) is 6.76. The van der Waals surface area contributed by atoms with Crippen molar-refractivity contribution < 1.29 is 4.79 Å². The third kappa shape index (κ3) is 3.74. The number of thioether (sulfide) groups is 1. The molecule has 2 aromatic rings. The summed E-state index contributed by atoms with van der Waals surface area (Å²) in [5, 5.41) is 12.0. The molecule has 1 heterocycles. The summed E-state index contributed by atoms with van der Waals surface area (Å²) in [5.74, 6) is 0.229. The monoisotopic (exact) mass is 310 g/mol. The Bertz CT molecular complexity index is 602.